The molecule has 1 aromatic rings. The van der Waals surface area contributed by atoms with Crippen LogP contribution in [0.5, 0.6) is 0 Å². The number of benzene rings is 1. The lowest BCUT2D eigenvalue weighted by Crippen LogP contribution is -2.37. The van der Waals surface area contributed by atoms with E-state index in [9.17, 15) is 4.79 Å². The number of hydrogen-bond donors (Lipinski definition) is 3. The Balaban J connectivity index is 2.71. The molecule has 21 heavy (non-hydrogen) atoms. The third-order valence-corrected chi connectivity index (χ3v) is 3.51. The highest BCUT2D eigenvalue weighted by molar-refractivity contribution is 5.89. The molecular formula is C16H27N3O2. The number of amides is 2. The van der Waals surface area contributed by atoms with Crippen molar-refractivity contribution in [2.75, 3.05) is 32.1 Å². The highest BCUT2D eigenvalue weighted by Gasteiger charge is 2.13. The molecule has 0 aliphatic rings. The first kappa shape index (κ1) is 17.5. The van der Waals surface area contributed by atoms with E-state index < -0.39 is 0 Å². The zero-order valence-corrected chi connectivity index (χ0v) is 13.2. The summed E-state index contributed by atoms with van der Waals surface area (Å²) in [6, 6.07) is 7.87. The minimum Gasteiger partial charge on any atom is -0.395 e. The molecule has 0 bridgehead atoms. The minimum atomic E-state index is -0.160. The molecule has 0 saturated heterocycles. The van der Waals surface area contributed by atoms with Gasteiger partial charge < -0.3 is 20.6 Å². The van der Waals surface area contributed by atoms with Crippen LogP contribution in [-0.2, 0) is 0 Å². The van der Waals surface area contributed by atoms with Crippen LogP contribution in [-0.4, -0.2) is 42.8 Å². The first-order chi connectivity index (χ1) is 10.1. The summed E-state index contributed by atoms with van der Waals surface area (Å²) >= 11 is 0. The molecule has 0 saturated carbocycles. The van der Waals surface area contributed by atoms with Crippen LogP contribution in [0.15, 0.2) is 24.3 Å². The Hall–Kier alpha value is -1.59. The maximum absolute atomic E-state index is 12.2. The second-order valence-electron chi connectivity index (χ2n) is 5.13. The van der Waals surface area contributed by atoms with E-state index in [1.54, 1.807) is 4.90 Å². The molecule has 0 aromatic heterocycles. The standard InChI is InChI=1S/C16H27N3O2/c1-4-5-9-19(10-11-20)16(21)18-15-8-6-7-14(12-15)13(2)17-3/h6-8,12-13,17,20H,4-5,9-11H2,1-3H3,(H,18,21). The van der Waals surface area contributed by atoms with Gasteiger partial charge in [0.2, 0.25) is 0 Å². The van der Waals surface area contributed by atoms with Crippen molar-refractivity contribution in [3.05, 3.63) is 29.8 Å². The Bertz CT molecular complexity index is 437. The SMILES string of the molecule is CCCCN(CCO)C(=O)Nc1cccc(C(C)NC)c1. The van der Waals surface area contributed by atoms with E-state index in [1.165, 1.54) is 0 Å². The Kier molecular flexibility index (Phi) is 7.79. The molecule has 2 amide bonds. The normalized spacial score (nSPS) is 12.0. The first-order valence-corrected chi connectivity index (χ1v) is 7.56. The van der Waals surface area contributed by atoms with Gasteiger partial charge in [-0.1, -0.05) is 25.5 Å². The second kappa shape index (κ2) is 9.37. The number of hydrogen-bond acceptors (Lipinski definition) is 3. The highest BCUT2D eigenvalue weighted by atomic mass is 16.3. The summed E-state index contributed by atoms with van der Waals surface area (Å²) in [5.74, 6) is 0. The zero-order chi connectivity index (χ0) is 15.7. The topological polar surface area (TPSA) is 64.6 Å². The molecule has 118 valence electrons. The number of aliphatic hydroxyl groups is 1. The largest absolute Gasteiger partial charge is 0.395 e. The van der Waals surface area contributed by atoms with Gasteiger partial charge in [0.1, 0.15) is 0 Å². The van der Waals surface area contributed by atoms with Crippen molar-refractivity contribution in [2.45, 2.75) is 32.7 Å². The summed E-state index contributed by atoms with van der Waals surface area (Å²) in [6.07, 6.45) is 1.95. The van der Waals surface area contributed by atoms with Crippen molar-refractivity contribution in [3.8, 4) is 0 Å². The molecule has 0 heterocycles. The summed E-state index contributed by atoms with van der Waals surface area (Å²) in [6.45, 7) is 5.15. The lowest BCUT2D eigenvalue weighted by atomic mass is 10.1. The third kappa shape index (κ3) is 5.73. The van der Waals surface area contributed by atoms with Crippen LogP contribution in [0.2, 0.25) is 0 Å². The van der Waals surface area contributed by atoms with Crippen molar-refractivity contribution >= 4 is 11.7 Å². The number of nitrogens with one attached hydrogen (secondary N) is 2. The van der Waals surface area contributed by atoms with Crippen LogP contribution in [0.3, 0.4) is 0 Å². The molecule has 5 heteroatoms. The second-order valence-corrected chi connectivity index (χ2v) is 5.13. The van der Waals surface area contributed by atoms with Gasteiger partial charge in [0.05, 0.1) is 6.61 Å². The van der Waals surface area contributed by atoms with Crippen LogP contribution in [0, 0.1) is 0 Å². The number of carbonyl (C=O) groups excluding carboxylic acids is 1. The average Bonchev–Trinajstić information content (AvgIpc) is 2.50. The van der Waals surface area contributed by atoms with E-state index in [0.29, 0.717) is 13.1 Å². The average molecular weight is 293 g/mol. The van der Waals surface area contributed by atoms with Gasteiger partial charge in [0, 0.05) is 24.8 Å². The van der Waals surface area contributed by atoms with E-state index >= 15 is 0 Å². The first-order valence-electron chi connectivity index (χ1n) is 7.56. The summed E-state index contributed by atoms with van der Waals surface area (Å²) in [5.41, 5.74) is 1.90. The van der Waals surface area contributed by atoms with E-state index in [2.05, 4.69) is 24.5 Å². The molecule has 3 N–H and O–H groups in total. The van der Waals surface area contributed by atoms with Gasteiger partial charge in [0.15, 0.2) is 0 Å². The maximum Gasteiger partial charge on any atom is 0.321 e. The predicted molar refractivity (Wildman–Crippen MR) is 86.5 cm³/mol. The van der Waals surface area contributed by atoms with Gasteiger partial charge in [-0.3, -0.25) is 0 Å². The van der Waals surface area contributed by atoms with Gasteiger partial charge in [-0.05, 0) is 38.1 Å². The van der Waals surface area contributed by atoms with Crippen LogP contribution in [0.4, 0.5) is 10.5 Å². The molecule has 0 aliphatic carbocycles. The fraction of sp³-hybridized carbons (Fsp3) is 0.562. The number of urea groups is 1. The molecule has 0 aliphatic heterocycles. The Morgan fingerprint density at radius 1 is 1.38 bits per heavy atom. The monoisotopic (exact) mass is 293 g/mol. The minimum absolute atomic E-state index is 0.0199. The third-order valence-electron chi connectivity index (χ3n) is 3.51. The van der Waals surface area contributed by atoms with Gasteiger partial charge in [-0.2, -0.15) is 0 Å². The summed E-state index contributed by atoms with van der Waals surface area (Å²) in [4.78, 5) is 13.9. The van der Waals surface area contributed by atoms with Gasteiger partial charge in [-0.25, -0.2) is 4.79 Å². The van der Waals surface area contributed by atoms with Gasteiger partial charge in [0.25, 0.3) is 0 Å². The highest BCUT2D eigenvalue weighted by Crippen LogP contribution is 2.17. The fourth-order valence-electron chi connectivity index (χ4n) is 2.04. The van der Waals surface area contributed by atoms with Crippen molar-refractivity contribution in [1.82, 2.24) is 10.2 Å². The summed E-state index contributed by atoms with van der Waals surface area (Å²) in [7, 11) is 1.91. The number of nitrogens with zero attached hydrogens (tertiary/aromatic N) is 1. The lowest BCUT2D eigenvalue weighted by molar-refractivity contribution is 0.187. The van der Waals surface area contributed by atoms with Crippen LogP contribution < -0.4 is 10.6 Å². The van der Waals surface area contributed by atoms with Crippen molar-refractivity contribution in [3.63, 3.8) is 0 Å². The van der Waals surface area contributed by atoms with E-state index in [0.717, 1.165) is 24.1 Å². The Labute approximate surface area is 127 Å². The van der Waals surface area contributed by atoms with Gasteiger partial charge in [-0.15, -0.1) is 0 Å². The molecule has 0 radical (unpaired) electrons. The molecular weight excluding hydrogens is 266 g/mol. The number of carbonyl (C=O) groups is 1. The molecule has 5 nitrogen and oxygen atoms in total. The Morgan fingerprint density at radius 3 is 2.76 bits per heavy atom. The van der Waals surface area contributed by atoms with Gasteiger partial charge >= 0.3 is 6.03 Å². The lowest BCUT2D eigenvalue weighted by Gasteiger charge is -2.22. The quantitative estimate of drug-likeness (QED) is 0.690. The van der Waals surface area contributed by atoms with Crippen LogP contribution >= 0.6 is 0 Å². The zero-order valence-electron chi connectivity index (χ0n) is 13.2. The summed E-state index contributed by atoms with van der Waals surface area (Å²) < 4.78 is 0. The van der Waals surface area contributed by atoms with E-state index in [4.69, 9.17) is 5.11 Å². The van der Waals surface area contributed by atoms with Crippen LogP contribution in [0.1, 0.15) is 38.3 Å². The molecule has 1 aromatic carbocycles. The number of anilines is 1. The fourth-order valence-corrected chi connectivity index (χ4v) is 2.04. The molecule has 1 rings (SSSR count). The maximum atomic E-state index is 12.2. The molecule has 0 fully saturated rings. The number of unbranched alkanes of at least 4 members (excludes halogenated alkanes) is 1. The van der Waals surface area contributed by atoms with E-state index in [-0.39, 0.29) is 18.7 Å². The summed E-state index contributed by atoms with van der Waals surface area (Å²) in [5, 5.41) is 15.1. The number of rotatable bonds is 8. The van der Waals surface area contributed by atoms with Crippen molar-refractivity contribution in [1.29, 1.82) is 0 Å². The molecule has 1 unspecified atom stereocenters. The van der Waals surface area contributed by atoms with E-state index in [1.807, 2.05) is 31.3 Å². The number of aliphatic hydroxyl groups excluding tert-OH is 1. The van der Waals surface area contributed by atoms with Crippen molar-refractivity contribution < 1.29 is 9.90 Å². The molecule has 1 atom stereocenters. The van der Waals surface area contributed by atoms with Crippen LogP contribution in [0.25, 0.3) is 0 Å². The Morgan fingerprint density at radius 2 is 2.14 bits per heavy atom. The smallest absolute Gasteiger partial charge is 0.321 e. The molecule has 0 spiro atoms. The predicted octanol–water partition coefficient (Wildman–Crippen LogP) is 2.59. The van der Waals surface area contributed by atoms with Crippen molar-refractivity contribution in [2.24, 2.45) is 0 Å².